The quantitative estimate of drug-likeness (QED) is 0.0959. The molecule has 0 aliphatic carbocycles. The molecule has 5 rings (SSSR count). The maximum Gasteiger partial charge on any atom is 0.243 e. The lowest BCUT2D eigenvalue weighted by Gasteiger charge is -2.25. The fraction of sp³-hybridized carbons (Fsp3) is 0.351. The van der Waals surface area contributed by atoms with Gasteiger partial charge in [0.2, 0.25) is 17.7 Å². The third-order valence-electron chi connectivity index (χ3n) is 8.47. The smallest absolute Gasteiger partial charge is 0.243 e. The number of H-pyrrole nitrogens is 2. The molecule has 0 saturated heterocycles. The molecule has 0 fully saturated rings. The van der Waals surface area contributed by atoms with Crippen molar-refractivity contribution in [3.05, 3.63) is 102 Å². The van der Waals surface area contributed by atoms with Gasteiger partial charge in [-0.2, -0.15) is 0 Å². The molecule has 246 valence electrons. The van der Waals surface area contributed by atoms with Crippen LogP contribution in [0.2, 0.25) is 0 Å². The molecule has 3 amide bonds. The number of carbonyl (C=O) groups excluding carboxylic acids is 3. The van der Waals surface area contributed by atoms with Crippen molar-refractivity contribution >= 4 is 39.4 Å². The Morgan fingerprint density at radius 1 is 0.851 bits per heavy atom. The molecule has 0 radical (unpaired) electrons. The Balaban J connectivity index is 1.33. The minimum atomic E-state index is -0.941. The molecule has 6 N–H and O–H groups in total. The summed E-state index contributed by atoms with van der Waals surface area (Å²) < 4.78 is 0. The maximum atomic E-state index is 14.1. The number of fused-ring (bicyclic) bond motifs is 2. The van der Waals surface area contributed by atoms with Crippen LogP contribution in [0, 0.1) is 11.8 Å². The molecular formula is C37H44N6O4. The van der Waals surface area contributed by atoms with Gasteiger partial charge < -0.3 is 31.0 Å². The third kappa shape index (κ3) is 9.07. The highest BCUT2D eigenvalue weighted by molar-refractivity contribution is 5.92. The number of aliphatic hydroxyl groups excluding tert-OH is 1. The lowest BCUT2D eigenvalue weighted by molar-refractivity contribution is -0.133. The molecule has 0 aliphatic rings. The van der Waals surface area contributed by atoms with Gasteiger partial charge in [0.05, 0.1) is 24.9 Å². The molecule has 0 bridgehead atoms. The van der Waals surface area contributed by atoms with Gasteiger partial charge in [-0.05, 0) is 53.1 Å². The normalized spacial score (nSPS) is 13.4. The van der Waals surface area contributed by atoms with Crippen LogP contribution in [0.3, 0.4) is 0 Å². The summed E-state index contributed by atoms with van der Waals surface area (Å²) in [4.78, 5) is 51.3. The van der Waals surface area contributed by atoms with Crippen LogP contribution in [0.4, 0.5) is 0 Å². The second kappa shape index (κ2) is 16.0. The SMILES string of the molecule is CC(C)C[C@@H](CO)NC(=O)[C@H](Cc1cnc[nH]1)NC(=O)C(CC(=O)NCCc1c[nH]c2ccccc12)Cc1cccc2ccccc12. The number of aliphatic hydroxyl groups is 1. The monoisotopic (exact) mass is 636 g/mol. The number of nitrogens with one attached hydrogen (secondary N) is 5. The second-order valence-electron chi connectivity index (χ2n) is 12.6. The minimum Gasteiger partial charge on any atom is -0.394 e. The highest BCUT2D eigenvalue weighted by atomic mass is 16.3. The molecule has 3 atom stereocenters. The number of hydrogen-bond acceptors (Lipinski definition) is 5. The number of para-hydroxylation sites is 1. The van der Waals surface area contributed by atoms with Crippen LogP contribution in [0.5, 0.6) is 0 Å². The van der Waals surface area contributed by atoms with Crippen molar-refractivity contribution in [2.24, 2.45) is 11.8 Å². The summed E-state index contributed by atoms with van der Waals surface area (Å²) in [5, 5.41) is 21.9. The van der Waals surface area contributed by atoms with Crippen molar-refractivity contribution in [3.8, 4) is 0 Å². The zero-order valence-corrected chi connectivity index (χ0v) is 27.0. The molecule has 10 heteroatoms. The lowest BCUT2D eigenvalue weighted by atomic mass is 9.91. The first-order chi connectivity index (χ1) is 22.8. The van der Waals surface area contributed by atoms with Crippen LogP contribution in [0.25, 0.3) is 21.7 Å². The molecule has 10 nitrogen and oxygen atoms in total. The summed E-state index contributed by atoms with van der Waals surface area (Å²) in [6.45, 7) is 4.24. The van der Waals surface area contributed by atoms with Gasteiger partial charge in [0.1, 0.15) is 6.04 Å². The standard InChI is InChI=1S/C37H44N6O4/c1-24(2)16-30(22-44)42-37(47)34(19-29-21-38-23-41-29)43-36(46)28(17-26-10-7-9-25-8-3-4-11-31(25)26)18-35(45)39-15-14-27-20-40-33-13-6-5-12-32(27)33/h3-13,20-21,23-24,28,30,34,40,44H,14-19,22H2,1-2H3,(H,38,41)(H,39,45)(H,42,47)(H,43,46)/t28?,30-,34-/m0/s1. The van der Waals surface area contributed by atoms with Crippen LogP contribution in [0.1, 0.15) is 43.5 Å². The summed E-state index contributed by atoms with van der Waals surface area (Å²) in [6.07, 6.45) is 6.77. The lowest BCUT2D eigenvalue weighted by Crippen LogP contribution is -2.53. The van der Waals surface area contributed by atoms with E-state index in [0.717, 1.165) is 32.8 Å². The van der Waals surface area contributed by atoms with Gasteiger partial charge >= 0.3 is 0 Å². The molecule has 1 unspecified atom stereocenters. The Kier molecular flexibility index (Phi) is 11.4. The molecule has 0 aliphatic heterocycles. The van der Waals surface area contributed by atoms with E-state index in [-0.39, 0.29) is 31.3 Å². The van der Waals surface area contributed by atoms with E-state index in [1.54, 1.807) is 6.20 Å². The van der Waals surface area contributed by atoms with Gasteiger partial charge in [-0.25, -0.2) is 4.98 Å². The largest absolute Gasteiger partial charge is 0.394 e. The van der Waals surface area contributed by atoms with Crippen molar-refractivity contribution in [1.29, 1.82) is 0 Å². The van der Waals surface area contributed by atoms with E-state index in [1.165, 1.54) is 6.33 Å². The first-order valence-electron chi connectivity index (χ1n) is 16.3. The van der Waals surface area contributed by atoms with Crippen LogP contribution in [-0.4, -0.2) is 63.0 Å². The van der Waals surface area contributed by atoms with Crippen molar-refractivity contribution < 1.29 is 19.5 Å². The summed E-state index contributed by atoms with van der Waals surface area (Å²) in [5.74, 6) is -1.52. The van der Waals surface area contributed by atoms with E-state index in [1.807, 2.05) is 80.7 Å². The van der Waals surface area contributed by atoms with E-state index >= 15 is 0 Å². The van der Waals surface area contributed by atoms with Gasteiger partial charge in [0.25, 0.3) is 0 Å². The predicted octanol–water partition coefficient (Wildman–Crippen LogP) is 4.20. The number of imidazole rings is 1. The molecule has 47 heavy (non-hydrogen) atoms. The molecule has 2 heterocycles. The average Bonchev–Trinajstić information content (AvgIpc) is 3.74. The molecule has 2 aromatic heterocycles. The van der Waals surface area contributed by atoms with Gasteiger partial charge in [-0.15, -0.1) is 0 Å². The van der Waals surface area contributed by atoms with Gasteiger partial charge in [0.15, 0.2) is 0 Å². The number of hydrogen-bond donors (Lipinski definition) is 6. The molecular weight excluding hydrogens is 592 g/mol. The van der Waals surface area contributed by atoms with Gasteiger partial charge in [-0.3, -0.25) is 14.4 Å². The number of aromatic amines is 2. The highest BCUT2D eigenvalue weighted by Crippen LogP contribution is 2.23. The number of amides is 3. The predicted molar refractivity (Wildman–Crippen MR) is 183 cm³/mol. The van der Waals surface area contributed by atoms with Crippen molar-refractivity contribution in [3.63, 3.8) is 0 Å². The van der Waals surface area contributed by atoms with Crippen LogP contribution >= 0.6 is 0 Å². The summed E-state index contributed by atoms with van der Waals surface area (Å²) in [5.41, 5.74) is 3.78. The molecule has 0 spiro atoms. The molecule has 0 saturated carbocycles. The van der Waals surface area contributed by atoms with E-state index in [9.17, 15) is 19.5 Å². The van der Waals surface area contributed by atoms with Gasteiger partial charge in [-0.1, -0.05) is 74.5 Å². The van der Waals surface area contributed by atoms with Crippen molar-refractivity contribution in [2.45, 2.75) is 58.0 Å². The Hall–Kier alpha value is -4.96. The third-order valence-corrected chi connectivity index (χ3v) is 8.47. The zero-order chi connectivity index (χ0) is 33.2. The van der Waals surface area contributed by atoms with Gasteiger partial charge in [0, 0.05) is 48.4 Å². The fourth-order valence-corrected chi connectivity index (χ4v) is 6.13. The molecule has 3 aromatic carbocycles. The van der Waals surface area contributed by atoms with Crippen molar-refractivity contribution in [1.82, 2.24) is 30.9 Å². The second-order valence-corrected chi connectivity index (χ2v) is 12.6. The minimum absolute atomic E-state index is 0.0477. The Morgan fingerprint density at radius 3 is 2.38 bits per heavy atom. The van der Waals surface area contributed by atoms with Crippen LogP contribution in [-0.2, 0) is 33.6 Å². The van der Waals surface area contributed by atoms with Crippen LogP contribution < -0.4 is 16.0 Å². The molecule has 5 aromatic rings. The van der Waals surface area contributed by atoms with Crippen LogP contribution in [0.15, 0.2) is 85.5 Å². The highest BCUT2D eigenvalue weighted by Gasteiger charge is 2.29. The number of rotatable bonds is 16. The number of aromatic nitrogens is 3. The summed E-state index contributed by atoms with van der Waals surface area (Å²) in [6, 6.07) is 20.5. The number of nitrogens with zero attached hydrogens (tertiary/aromatic N) is 1. The number of benzene rings is 3. The first-order valence-corrected chi connectivity index (χ1v) is 16.3. The average molecular weight is 637 g/mol. The maximum absolute atomic E-state index is 14.1. The fourth-order valence-electron chi connectivity index (χ4n) is 6.13. The van der Waals surface area contributed by atoms with Crippen molar-refractivity contribution in [2.75, 3.05) is 13.2 Å². The summed E-state index contributed by atoms with van der Waals surface area (Å²) >= 11 is 0. The van der Waals surface area contributed by atoms with E-state index < -0.39 is 29.8 Å². The Morgan fingerprint density at radius 2 is 1.62 bits per heavy atom. The Bertz CT molecular complexity index is 1770. The van der Waals surface area contributed by atoms with E-state index in [2.05, 4.69) is 37.0 Å². The van der Waals surface area contributed by atoms with E-state index in [0.29, 0.717) is 31.5 Å². The van der Waals surface area contributed by atoms with E-state index in [4.69, 9.17) is 0 Å². The number of carbonyl (C=O) groups is 3. The zero-order valence-electron chi connectivity index (χ0n) is 27.0. The first kappa shape index (κ1) is 33.4. The topological polar surface area (TPSA) is 152 Å². The summed E-state index contributed by atoms with van der Waals surface area (Å²) in [7, 11) is 0. The Labute approximate surface area is 274 Å².